The first-order valence-electron chi connectivity index (χ1n) is 6.43. The van der Waals surface area contributed by atoms with Crippen LogP contribution in [0.2, 0.25) is 0 Å². The monoisotopic (exact) mass is 312 g/mol. The number of nitrogens with one attached hydrogen (secondary N) is 1. The zero-order valence-electron chi connectivity index (χ0n) is 10.9. The maximum absolute atomic E-state index is 6.03. The van der Waals surface area contributed by atoms with Gasteiger partial charge in [0.1, 0.15) is 0 Å². The molecule has 2 atom stereocenters. The van der Waals surface area contributed by atoms with Crippen molar-refractivity contribution in [2.45, 2.75) is 44.4 Å². The molecule has 3 N–H and O–H groups in total. The summed E-state index contributed by atoms with van der Waals surface area (Å²) in [7, 11) is 0. The first-order chi connectivity index (χ1) is 8.54. The molecule has 1 aromatic carbocycles. The molecule has 0 radical (unpaired) electrons. The normalized spacial score (nSPS) is 32.2. The maximum atomic E-state index is 6.03. The summed E-state index contributed by atoms with van der Waals surface area (Å²) in [5, 5.41) is 3.62. The second kappa shape index (κ2) is 5.59. The van der Waals surface area contributed by atoms with Gasteiger partial charge in [-0.25, -0.2) is 0 Å². The predicted octanol–water partition coefficient (Wildman–Crippen LogP) is 3.15. The third kappa shape index (κ3) is 3.05. The molecule has 1 saturated heterocycles. The summed E-state index contributed by atoms with van der Waals surface area (Å²) in [6.07, 6.45) is 2.37. The van der Waals surface area contributed by atoms with Crippen LogP contribution in [-0.2, 0) is 4.74 Å². The van der Waals surface area contributed by atoms with Crippen molar-refractivity contribution in [3.05, 3.63) is 28.7 Å². The summed E-state index contributed by atoms with van der Waals surface area (Å²) < 4.78 is 6.88. The van der Waals surface area contributed by atoms with E-state index in [0.29, 0.717) is 6.54 Å². The average molecular weight is 313 g/mol. The zero-order valence-corrected chi connectivity index (χ0v) is 12.5. The van der Waals surface area contributed by atoms with Crippen molar-refractivity contribution in [3.8, 4) is 0 Å². The molecular formula is C14H21BrN2O. The molecule has 18 heavy (non-hydrogen) atoms. The van der Waals surface area contributed by atoms with Crippen molar-refractivity contribution in [2.24, 2.45) is 5.73 Å². The Morgan fingerprint density at radius 1 is 1.33 bits per heavy atom. The third-order valence-corrected chi connectivity index (χ3v) is 4.18. The Morgan fingerprint density at radius 3 is 2.50 bits per heavy atom. The van der Waals surface area contributed by atoms with Gasteiger partial charge in [-0.15, -0.1) is 0 Å². The molecule has 0 saturated carbocycles. The molecule has 1 fully saturated rings. The minimum atomic E-state index is -0.0685. The minimum absolute atomic E-state index is 0.0685. The lowest BCUT2D eigenvalue weighted by Gasteiger charge is -2.43. The first kappa shape index (κ1) is 13.8. The summed E-state index contributed by atoms with van der Waals surface area (Å²) in [6, 6.07) is 8.16. The van der Waals surface area contributed by atoms with Gasteiger partial charge in [-0.05, 0) is 54.8 Å². The second-order valence-electron chi connectivity index (χ2n) is 5.25. The number of nitrogens with two attached hydrogens (primary N) is 1. The van der Waals surface area contributed by atoms with Gasteiger partial charge < -0.3 is 15.8 Å². The number of halogens is 1. The van der Waals surface area contributed by atoms with E-state index in [0.717, 1.165) is 23.0 Å². The Hall–Kier alpha value is -0.580. The molecule has 3 nitrogen and oxygen atoms in total. The highest BCUT2D eigenvalue weighted by atomic mass is 79.9. The lowest BCUT2D eigenvalue weighted by atomic mass is 9.84. The van der Waals surface area contributed by atoms with Gasteiger partial charge in [0.15, 0.2) is 0 Å². The molecule has 1 aliphatic rings. The quantitative estimate of drug-likeness (QED) is 0.901. The first-order valence-corrected chi connectivity index (χ1v) is 7.22. The van der Waals surface area contributed by atoms with E-state index in [1.54, 1.807) is 0 Å². The molecular weight excluding hydrogens is 292 g/mol. The van der Waals surface area contributed by atoms with E-state index in [1.807, 2.05) is 18.2 Å². The lowest BCUT2D eigenvalue weighted by molar-refractivity contribution is -0.0536. The van der Waals surface area contributed by atoms with E-state index in [-0.39, 0.29) is 17.7 Å². The Labute approximate surface area is 117 Å². The van der Waals surface area contributed by atoms with Gasteiger partial charge in [0.25, 0.3) is 0 Å². The van der Waals surface area contributed by atoms with E-state index in [9.17, 15) is 0 Å². The molecule has 0 spiro atoms. The molecule has 2 unspecified atom stereocenters. The van der Waals surface area contributed by atoms with Gasteiger partial charge in [-0.1, -0.05) is 12.1 Å². The molecule has 1 aliphatic heterocycles. The fraction of sp³-hybridized carbons (Fsp3) is 0.571. The highest BCUT2D eigenvalue weighted by molar-refractivity contribution is 9.10. The van der Waals surface area contributed by atoms with E-state index < -0.39 is 0 Å². The Bertz CT molecular complexity index is 401. The van der Waals surface area contributed by atoms with Crippen LogP contribution in [0.4, 0.5) is 5.69 Å². The largest absolute Gasteiger partial charge is 0.377 e. The van der Waals surface area contributed by atoms with Crippen LogP contribution in [0.25, 0.3) is 0 Å². The molecule has 0 amide bonds. The van der Waals surface area contributed by atoms with Crippen molar-refractivity contribution in [1.82, 2.24) is 0 Å². The van der Waals surface area contributed by atoms with E-state index in [1.165, 1.54) is 0 Å². The number of anilines is 1. The molecule has 100 valence electrons. The van der Waals surface area contributed by atoms with E-state index in [4.69, 9.17) is 10.5 Å². The number of ether oxygens (including phenoxy) is 1. The van der Waals surface area contributed by atoms with Crippen molar-refractivity contribution >= 4 is 21.6 Å². The fourth-order valence-corrected chi connectivity index (χ4v) is 3.23. The summed E-state index contributed by atoms with van der Waals surface area (Å²) in [5.74, 6) is 0. The summed E-state index contributed by atoms with van der Waals surface area (Å²) in [6.45, 7) is 4.84. The van der Waals surface area contributed by atoms with Crippen molar-refractivity contribution in [2.75, 3.05) is 11.9 Å². The number of hydrogen-bond acceptors (Lipinski definition) is 3. The Morgan fingerprint density at radius 2 is 1.94 bits per heavy atom. The Kier molecular flexibility index (Phi) is 4.30. The van der Waals surface area contributed by atoms with Crippen molar-refractivity contribution < 1.29 is 4.74 Å². The van der Waals surface area contributed by atoms with E-state index >= 15 is 0 Å². The smallest absolute Gasteiger partial charge is 0.0573 e. The number of benzene rings is 1. The third-order valence-electron chi connectivity index (χ3n) is 3.49. The molecule has 0 aromatic heterocycles. The van der Waals surface area contributed by atoms with Gasteiger partial charge in [0, 0.05) is 16.7 Å². The summed E-state index contributed by atoms with van der Waals surface area (Å²) in [4.78, 5) is 0. The second-order valence-corrected chi connectivity index (χ2v) is 6.11. The highest BCUT2D eigenvalue weighted by Crippen LogP contribution is 2.33. The SMILES string of the molecule is CC1CC(CN)(Nc2ccccc2Br)CC(C)O1. The van der Waals surface area contributed by atoms with Crippen LogP contribution in [0.15, 0.2) is 28.7 Å². The average Bonchev–Trinajstić information content (AvgIpc) is 2.31. The molecule has 0 aliphatic carbocycles. The molecule has 1 heterocycles. The van der Waals surface area contributed by atoms with Crippen LogP contribution in [-0.4, -0.2) is 24.3 Å². The lowest BCUT2D eigenvalue weighted by Crippen LogP contribution is -2.53. The van der Waals surface area contributed by atoms with Gasteiger partial charge in [0.05, 0.1) is 17.7 Å². The number of rotatable bonds is 3. The number of hydrogen-bond donors (Lipinski definition) is 2. The van der Waals surface area contributed by atoms with Crippen molar-refractivity contribution in [3.63, 3.8) is 0 Å². The molecule has 4 heteroatoms. The van der Waals surface area contributed by atoms with Crippen LogP contribution < -0.4 is 11.1 Å². The van der Waals surface area contributed by atoms with E-state index in [2.05, 4.69) is 41.2 Å². The topological polar surface area (TPSA) is 47.3 Å². The van der Waals surface area contributed by atoms with Crippen LogP contribution in [0.1, 0.15) is 26.7 Å². The molecule has 2 rings (SSSR count). The molecule has 1 aromatic rings. The maximum Gasteiger partial charge on any atom is 0.0573 e. The van der Waals surface area contributed by atoms with Gasteiger partial charge in [0.2, 0.25) is 0 Å². The predicted molar refractivity (Wildman–Crippen MR) is 78.8 cm³/mol. The van der Waals surface area contributed by atoms with Crippen LogP contribution in [0.5, 0.6) is 0 Å². The molecule has 0 bridgehead atoms. The summed E-state index contributed by atoms with van der Waals surface area (Å²) in [5.41, 5.74) is 7.06. The fourth-order valence-electron chi connectivity index (χ4n) is 2.84. The minimum Gasteiger partial charge on any atom is -0.377 e. The van der Waals surface area contributed by atoms with Crippen molar-refractivity contribution in [1.29, 1.82) is 0 Å². The summed E-state index contributed by atoms with van der Waals surface area (Å²) >= 11 is 3.57. The van der Waals surface area contributed by atoms with Crippen LogP contribution >= 0.6 is 15.9 Å². The van der Waals surface area contributed by atoms with Crippen LogP contribution in [0.3, 0.4) is 0 Å². The zero-order chi connectivity index (χ0) is 13.2. The highest BCUT2D eigenvalue weighted by Gasteiger charge is 2.37. The standard InChI is InChI=1S/C14H21BrN2O/c1-10-7-14(9-16,8-11(2)18-10)17-13-6-4-3-5-12(13)15/h3-6,10-11,17H,7-9,16H2,1-2H3. The van der Waals surface area contributed by atoms with Crippen LogP contribution in [0, 0.1) is 0 Å². The van der Waals surface area contributed by atoms with Gasteiger partial charge in [-0.3, -0.25) is 0 Å². The number of para-hydroxylation sites is 1. The Balaban J connectivity index is 2.20. The van der Waals surface area contributed by atoms with Gasteiger partial charge >= 0.3 is 0 Å². The van der Waals surface area contributed by atoms with Gasteiger partial charge in [-0.2, -0.15) is 0 Å².